The molecular formula is C7H11N3O. The predicted molar refractivity (Wildman–Crippen MR) is 41.9 cm³/mol. The fourth-order valence-corrected chi connectivity index (χ4v) is 0.663. The Bertz CT molecular complexity index is 222. The summed E-state index contributed by atoms with van der Waals surface area (Å²) in [6, 6.07) is 0. The minimum absolute atomic E-state index is 0.0735. The molecule has 11 heavy (non-hydrogen) atoms. The van der Waals surface area contributed by atoms with Gasteiger partial charge in [-0.1, -0.05) is 0 Å². The standard InChI is InChI=1S/C7H11N3O/c1-5(11-2)7-9-3-6(8)4-10-7/h3-5H,8H2,1-2H3. The average molecular weight is 153 g/mol. The summed E-state index contributed by atoms with van der Waals surface area (Å²) in [7, 11) is 1.62. The van der Waals surface area contributed by atoms with Gasteiger partial charge in [-0.3, -0.25) is 0 Å². The first-order valence-corrected chi connectivity index (χ1v) is 3.34. The second-order valence-electron chi connectivity index (χ2n) is 2.25. The second-order valence-corrected chi connectivity index (χ2v) is 2.25. The highest BCUT2D eigenvalue weighted by Gasteiger charge is 2.04. The third-order valence-corrected chi connectivity index (χ3v) is 1.41. The van der Waals surface area contributed by atoms with Gasteiger partial charge in [0.05, 0.1) is 18.1 Å². The van der Waals surface area contributed by atoms with Crippen molar-refractivity contribution in [2.45, 2.75) is 13.0 Å². The van der Waals surface area contributed by atoms with Gasteiger partial charge in [0.1, 0.15) is 6.10 Å². The Kier molecular flexibility index (Phi) is 2.38. The van der Waals surface area contributed by atoms with Crippen LogP contribution in [-0.4, -0.2) is 17.1 Å². The fraction of sp³-hybridized carbons (Fsp3) is 0.429. The Morgan fingerprint density at radius 2 is 2.00 bits per heavy atom. The van der Waals surface area contributed by atoms with Crippen LogP contribution in [0.3, 0.4) is 0 Å². The smallest absolute Gasteiger partial charge is 0.156 e. The molecular weight excluding hydrogens is 142 g/mol. The van der Waals surface area contributed by atoms with Crippen molar-refractivity contribution in [2.24, 2.45) is 0 Å². The van der Waals surface area contributed by atoms with Gasteiger partial charge in [0.2, 0.25) is 0 Å². The number of anilines is 1. The third-order valence-electron chi connectivity index (χ3n) is 1.41. The van der Waals surface area contributed by atoms with Crippen molar-refractivity contribution in [1.82, 2.24) is 9.97 Å². The lowest BCUT2D eigenvalue weighted by molar-refractivity contribution is 0.112. The van der Waals surface area contributed by atoms with Crippen molar-refractivity contribution in [2.75, 3.05) is 12.8 Å². The molecule has 1 unspecified atom stereocenters. The van der Waals surface area contributed by atoms with Crippen LogP contribution in [0.5, 0.6) is 0 Å². The van der Waals surface area contributed by atoms with Crippen LogP contribution in [0.25, 0.3) is 0 Å². The number of nitrogen functional groups attached to an aromatic ring is 1. The number of nitrogens with zero attached hydrogens (tertiary/aromatic N) is 2. The van der Waals surface area contributed by atoms with E-state index in [4.69, 9.17) is 10.5 Å². The van der Waals surface area contributed by atoms with E-state index in [2.05, 4.69) is 9.97 Å². The molecule has 0 fully saturated rings. The van der Waals surface area contributed by atoms with Gasteiger partial charge < -0.3 is 10.5 Å². The first-order valence-electron chi connectivity index (χ1n) is 3.34. The van der Waals surface area contributed by atoms with Gasteiger partial charge in [-0.2, -0.15) is 0 Å². The van der Waals surface area contributed by atoms with Crippen LogP contribution >= 0.6 is 0 Å². The Labute approximate surface area is 65.4 Å². The molecule has 0 saturated carbocycles. The maximum absolute atomic E-state index is 5.40. The highest BCUT2D eigenvalue weighted by molar-refractivity contribution is 5.30. The number of methoxy groups -OCH3 is 1. The Balaban J connectivity index is 2.81. The maximum Gasteiger partial charge on any atom is 0.156 e. The van der Waals surface area contributed by atoms with Gasteiger partial charge in [0.25, 0.3) is 0 Å². The maximum atomic E-state index is 5.40. The Hall–Kier alpha value is -1.16. The number of hydrogen-bond acceptors (Lipinski definition) is 4. The van der Waals surface area contributed by atoms with Gasteiger partial charge in [-0.05, 0) is 6.92 Å². The molecule has 1 atom stereocenters. The largest absolute Gasteiger partial charge is 0.396 e. The molecule has 0 saturated heterocycles. The Morgan fingerprint density at radius 1 is 1.45 bits per heavy atom. The highest BCUT2D eigenvalue weighted by atomic mass is 16.5. The molecule has 1 heterocycles. The molecule has 1 rings (SSSR count). The summed E-state index contributed by atoms with van der Waals surface area (Å²) < 4.78 is 5.01. The first-order chi connectivity index (χ1) is 5.24. The zero-order valence-electron chi connectivity index (χ0n) is 6.61. The van der Waals surface area contributed by atoms with Crippen LogP contribution in [-0.2, 0) is 4.74 Å². The van der Waals surface area contributed by atoms with Gasteiger partial charge in [0, 0.05) is 7.11 Å². The van der Waals surface area contributed by atoms with E-state index in [0.29, 0.717) is 11.5 Å². The minimum Gasteiger partial charge on any atom is -0.396 e. The number of hydrogen-bond donors (Lipinski definition) is 1. The molecule has 60 valence electrons. The molecule has 0 aromatic carbocycles. The third kappa shape index (κ3) is 1.88. The van der Waals surface area contributed by atoms with Gasteiger partial charge in [0.15, 0.2) is 5.82 Å². The normalized spacial score (nSPS) is 12.9. The summed E-state index contributed by atoms with van der Waals surface area (Å²) in [4.78, 5) is 7.98. The topological polar surface area (TPSA) is 61.0 Å². The monoisotopic (exact) mass is 153 g/mol. The molecule has 0 bridgehead atoms. The van der Waals surface area contributed by atoms with Crippen molar-refractivity contribution in [1.29, 1.82) is 0 Å². The molecule has 0 amide bonds. The van der Waals surface area contributed by atoms with Gasteiger partial charge in [-0.15, -0.1) is 0 Å². The zero-order chi connectivity index (χ0) is 8.27. The lowest BCUT2D eigenvalue weighted by atomic mass is 10.4. The van der Waals surface area contributed by atoms with Gasteiger partial charge >= 0.3 is 0 Å². The number of aromatic nitrogens is 2. The minimum atomic E-state index is -0.0735. The summed E-state index contributed by atoms with van der Waals surface area (Å²) in [5.74, 6) is 0.654. The summed E-state index contributed by atoms with van der Waals surface area (Å²) in [6.45, 7) is 1.88. The van der Waals surface area contributed by atoms with E-state index in [-0.39, 0.29) is 6.10 Å². The van der Waals surface area contributed by atoms with Crippen LogP contribution in [0, 0.1) is 0 Å². The van der Waals surface area contributed by atoms with Crippen LogP contribution in [0.1, 0.15) is 18.9 Å². The number of ether oxygens (including phenoxy) is 1. The molecule has 0 spiro atoms. The average Bonchev–Trinajstić information content (AvgIpc) is 2.05. The summed E-state index contributed by atoms with van der Waals surface area (Å²) >= 11 is 0. The molecule has 2 N–H and O–H groups in total. The van der Waals surface area contributed by atoms with E-state index >= 15 is 0 Å². The molecule has 0 radical (unpaired) electrons. The lowest BCUT2D eigenvalue weighted by Gasteiger charge is -2.06. The Morgan fingerprint density at radius 3 is 2.45 bits per heavy atom. The summed E-state index contributed by atoms with van der Waals surface area (Å²) in [5, 5.41) is 0. The van der Waals surface area contributed by atoms with Crippen LogP contribution in [0.2, 0.25) is 0 Å². The van der Waals surface area contributed by atoms with Crippen molar-refractivity contribution in [3.8, 4) is 0 Å². The first kappa shape index (κ1) is 7.94. The predicted octanol–water partition coefficient (Wildman–Crippen LogP) is 0.766. The lowest BCUT2D eigenvalue weighted by Crippen LogP contribution is -2.02. The van der Waals surface area contributed by atoms with E-state index in [1.54, 1.807) is 19.5 Å². The molecule has 0 aliphatic rings. The summed E-state index contributed by atoms with van der Waals surface area (Å²) in [5.41, 5.74) is 5.97. The summed E-state index contributed by atoms with van der Waals surface area (Å²) in [6.07, 6.45) is 3.06. The van der Waals surface area contributed by atoms with E-state index in [9.17, 15) is 0 Å². The molecule has 4 heteroatoms. The van der Waals surface area contributed by atoms with Crippen molar-refractivity contribution >= 4 is 5.69 Å². The molecule has 1 aromatic rings. The molecule has 0 aliphatic heterocycles. The van der Waals surface area contributed by atoms with E-state index in [1.807, 2.05) is 6.92 Å². The fourth-order valence-electron chi connectivity index (χ4n) is 0.663. The number of nitrogens with two attached hydrogens (primary N) is 1. The highest BCUT2D eigenvalue weighted by Crippen LogP contribution is 2.09. The quantitative estimate of drug-likeness (QED) is 0.681. The van der Waals surface area contributed by atoms with Gasteiger partial charge in [-0.25, -0.2) is 9.97 Å². The van der Waals surface area contributed by atoms with Crippen LogP contribution in [0.4, 0.5) is 5.69 Å². The van der Waals surface area contributed by atoms with Crippen molar-refractivity contribution in [3.05, 3.63) is 18.2 Å². The SMILES string of the molecule is COC(C)c1ncc(N)cn1. The van der Waals surface area contributed by atoms with E-state index < -0.39 is 0 Å². The van der Waals surface area contributed by atoms with Crippen LogP contribution < -0.4 is 5.73 Å². The van der Waals surface area contributed by atoms with E-state index in [1.165, 1.54) is 0 Å². The van der Waals surface area contributed by atoms with E-state index in [0.717, 1.165) is 0 Å². The molecule has 0 aliphatic carbocycles. The zero-order valence-corrected chi connectivity index (χ0v) is 6.61. The van der Waals surface area contributed by atoms with Crippen LogP contribution in [0.15, 0.2) is 12.4 Å². The van der Waals surface area contributed by atoms with Crippen molar-refractivity contribution in [3.63, 3.8) is 0 Å². The second kappa shape index (κ2) is 3.30. The molecule has 1 aromatic heterocycles. The molecule has 4 nitrogen and oxygen atoms in total. The number of rotatable bonds is 2. The van der Waals surface area contributed by atoms with Crippen molar-refractivity contribution < 1.29 is 4.74 Å².